The van der Waals surface area contributed by atoms with Gasteiger partial charge in [0.1, 0.15) is 5.56 Å². The van der Waals surface area contributed by atoms with E-state index in [2.05, 4.69) is 10.1 Å². The fourth-order valence-electron chi connectivity index (χ4n) is 4.25. The van der Waals surface area contributed by atoms with Gasteiger partial charge in [0.05, 0.1) is 0 Å². The van der Waals surface area contributed by atoms with Crippen LogP contribution in [0.2, 0.25) is 0 Å². The molecule has 1 saturated carbocycles. The van der Waals surface area contributed by atoms with E-state index in [0.29, 0.717) is 12.4 Å². The van der Waals surface area contributed by atoms with Gasteiger partial charge >= 0.3 is 5.97 Å². The molecule has 0 unspecified atom stereocenters. The number of carbonyl (C=O) groups is 1. The van der Waals surface area contributed by atoms with E-state index in [4.69, 9.17) is 0 Å². The van der Waals surface area contributed by atoms with E-state index in [1.807, 2.05) is 24.4 Å². The van der Waals surface area contributed by atoms with Gasteiger partial charge in [-0.3, -0.25) is 4.79 Å². The zero-order chi connectivity index (χ0) is 20.4. The van der Waals surface area contributed by atoms with Crippen LogP contribution in [0.5, 0.6) is 5.75 Å². The van der Waals surface area contributed by atoms with Gasteiger partial charge < -0.3 is 14.8 Å². The Balaban J connectivity index is 1.77. The molecular weight excluding hydrogens is 372 g/mol. The SMILES string of the molecule is O=C(O)c1cn(CC2(c3ccnc(-n4cccn4)c3)CCCCC2)cc(O)c1=O. The molecule has 0 radical (unpaired) electrons. The predicted molar refractivity (Wildman–Crippen MR) is 105 cm³/mol. The number of pyridine rings is 2. The third-order valence-corrected chi connectivity index (χ3v) is 5.68. The van der Waals surface area contributed by atoms with Gasteiger partial charge in [-0.05, 0) is 36.6 Å². The molecule has 8 heteroatoms. The quantitative estimate of drug-likeness (QED) is 0.688. The van der Waals surface area contributed by atoms with Crippen molar-refractivity contribution in [2.24, 2.45) is 0 Å². The molecule has 2 N–H and O–H groups in total. The molecule has 29 heavy (non-hydrogen) atoms. The van der Waals surface area contributed by atoms with Crippen molar-refractivity contribution in [1.82, 2.24) is 19.3 Å². The van der Waals surface area contributed by atoms with Crippen LogP contribution in [-0.2, 0) is 12.0 Å². The first-order valence-corrected chi connectivity index (χ1v) is 9.61. The van der Waals surface area contributed by atoms with Gasteiger partial charge in [0.15, 0.2) is 11.6 Å². The number of carboxylic acids is 1. The second kappa shape index (κ2) is 7.54. The Labute approximate surface area is 167 Å². The maximum Gasteiger partial charge on any atom is 0.341 e. The summed E-state index contributed by atoms with van der Waals surface area (Å²) in [7, 11) is 0. The summed E-state index contributed by atoms with van der Waals surface area (Å²) in [5.74, 6) is -1.18. The number of aromatic carboxylic acids is 1. The van der Waals surface area contributed by atoms with Crippen molar-refractivity contribution in [2.75, 3.05) is 0 Å². The van der Waals surface area contributed by atoms with Gasteiger partial charge in [-0.25, -0.2) is 14.5 Å². The third kappa shape index (κ3) is 3.65. The van der Waals surface area contributed by atoms with E-state index in [1.54, 1.807) is 21.6 Å². The fourth-order valence-corrected chi connectivity index (χ4v) is 4.25. The lowest BCUT2D eigenvalue weighted by Crippen LogP contribution is -2.35. The minimum absolute atomic E-state index is 0.250. The molecule has 4 rings (SSSR count). The molecule has 0 spiro atoms. The topological polar surface area (TPSA) is 110 Å². The summed E-state index contributed by atoms with van der Waals surface area (Å²) in [4.78, 5) is 27.7. The van der Waals surface area contributed by atoms with Crippen molar-refractivity contribution in [3.8, 4) is 11.6 Å². The molecule has 150 valence electrons. The Morgan fingerprint density at radius 3 is 2.66 bits per heavy atom. The summed E-state index contributed by atoms with van der Waals surface area (Å²) >= 11 is 0. The minimum atomic E-state index is -1.35. The van der Waals surface area contributed by atoms with Crippen molar-refractivity contribution < 1.29 is 15.0 Å². The van der Waals surface area contributed by atoms with Crippen LogP contribution in [-0.4, -0.2) is 35.5 Å². The van der Waals surface area contributed by atoms with Gasteiger partial charge in [-0.1, -0.05) is 19.3 Å². The molecule has 3 heterocycles. The Kier molecular flexibility index (Phi) is 4.92. The first-order chi connectivity index (χ1) is 14.0. The highest BCUT2D eigenvalue weighted by atomic mass is 16.4. The first-order valence-electron chi connectivity index (χ1n) is 9.61. The lowest BCUT2D eigenvalue weighted by molar-refractivity contribution is 0.0693. The van der Waals surface area contributed by atoms with Crippen molar-refractivity contribution in [1.29, 1.82) is 0 Å². The van der Waals surface area contributed by atoms with Gasteiger partial charge in [-0.2, -0.15) is 5.10 Å². The highest BCUT2D eigenvalue weighted by Gasteiger charge is 2.35. The standard InChI is InChI=1S/C21H22N4O4/c26-17-13-24(12-16(19(17)27)20(28)29)14-21(6-2-1-3-7-21)15-5-9-22-18(11-15)25-10-4-8-23-25/h4-5,8-13,26H,1-3,6-7,14H2,(H,28,29). The average Bonchev–Trinajstić information content (AvgIpc) is 3.26. The van der Waals surface area contributed by atoms with Crippen LogP contribution in [0.1, 0.15) is 48.0 Å². The van der Waals surface area contributed by atoms with Crippen LogP contribution in [0, 0.1) is 0 Å². The molecule has 0 aliphatic heterocycles. The van der Waals surface area contributed by atoms with E-state index < -0.39 is 22.7 Å². The van der Waals surface area contributed by atoms with Crippen molar-refractivity contribution >= 4 is 5.97 Å². The fraction of sp³-hybridized carbons (Fsp3) is 0.333. The van der Waals surface area contributed by atoms with Crippen LogP contribution in [0.15, 0.2) is 54.0 Å². The van der Waals surface area contributed by atoms with Gasteiger partial charge in [0.25, 0.3) is 0 Å². The molecule has 1 aliphatic rings. The van der Waals surface area contributed by atoms with E-state index in [1.165, 1.54) is 12.4 Å². The maximum atomic E-state index is 11.9. The average molecular weight is 394 g/mol. The van der Waals surface area contributed by atoms with Crippen LogP contribution < -0.4 is 5.43 Å². The zero-order valence-corrected chi connectivity index (χ0v) is 15.9. The molecule has 0 bridgehead atoms. The summed E-state index contributed by atoms with van der Waals surface area (Å²) < 4.78 is 3.33. The summed E-state index contributed by atoms with van der Waals surface area (Å²) in [6, 6.07) is 5.83. The smallest absolute Gasteiger partial charge is 0.341 e. The molecule has 0 aromatic carbocycles. The number of hydrogen-bond acceptors (Lipinski definition) is 5. The van der Waals surface area contributed by atoms with E-state index >= 15 is 0 Å². The number of carboxylic acid groups (broad SMARTS) is 1. The molecule has 0 saturated heterocycles. The Hall–Kier alpha value is -3.42. The van der Waals surface area contributed by atoms with Crippen LogP contribution in [0.4, 0.5) is 0 Å². The molecule has 0 atom stereocenters. The van der Waals surface area contributed by atoms with E-state index in [0.717, 1.165) is 37.7 Å². The first kappa shape index (κ1) is 18.9. The summed E-state index contributed by atoms with van der Waals surface area (Å²) in [6.45, 7) is 0.462. The molecule has 1 fully saturated rings. The lowest BCUT2D eigenvalue weighted by Gasteiger charge is -2.38. The molecule has 3 aromatic rings. The largest absolute Gasteiger partial charge is 0.503 e. The van der Waals surface area contributed by atoms with E-state index in [9.17, 15) is 19.8 Å². The normalized spacial score (nSPS) is 15.9. The molecular formula is C21H22N4O4. The third-order valence-electron chi connectivity index (χ3n) is 5.68. The zero-order valence-electron chi connectivity index (χ0n) is 15.9. The van der Waals surface area contributed by atoms with Crippen LogP contribution >= 0.6 is 0 Å². The highest BCUT2D eigenvalue weighted by molar-refractivity contribution is 5.87. The summed E-state index contributed by atoms with van der Waals surface area (Å²) in [5, 5.41) is 23.5. The lowest BCUT2D eigenvalue weighted by atomic mass is 9.69. The van der Waals surface area contributed by atoms with Gasteiger partial charge in [0.2, 0.25) is 5.43 Å². The number of aromatic hydroxyl groups is 1. The number of hydrogen-bond donors (Lipinski definition) is 2. The Morgan fingerprint density at radius 2 is 1.97 bits per heavy atom. The van der Waals surface area contributed by atoms with Gasteiger partial charge in [-0.15, -0.1) is 0 Å². The predicted octanol–water partition coefficient (Wildman–Crippen LogP) is 2.73. The van der Waals surface area contributed by atoms with Crippen molar-refractivity contribution in [3.05, 3.63) is 70.5 Å². The second-order valence-electron chi connectivity index (χ2n) is 7.56. The summed E-state index contributed by atoms with van der Waals surface area (Å²) in [6.07, 6.45) is 13.0. The second-order valence-corrected chi connectivity index (χ2v) is 7.56. The van der Waals surface area contributed by atoms with Crippen molar-refractivity contribution in [3.63, 3.8) is 0 Å². The Bertz CT molecular complexity index is 1080. The maximum absolute atomic E-state index is 11.9. The van der Waals surface area contributed by atoms with Crippen LogP contribution in [0.3, 0.4) is 0 Å². The molecule has 3 aromatic heterocycles. The monoisotopic (exact) mass is 394 g/mol. The van der Waals surface area contributed by atoms with Gasteiger partial charge in [0, 0.05) is 42.9 Å². The summed E-state index contributed by atoms with van der Waals surface area (Å²) in [5.41, 5.74) is -0.451. The number of rotatable bonds is 5. The van der Waals surface area contributed by atoms with Crippen molar-refractivity contribution in [2.45, 2.75) is 44.1 Å². The molecule has 0 amide bonds. The van der Waals surface area contributed by atoms with Crippen LogP contribution in [0.25, 0.3) is 5.82 Å². The number of aromatic nitrogens is 4. The number of nitrogens with zero attached hydrogens (tertiary/aromatic N) is 4. The van der Waals surface area contributed by atoms with E-state index in [-0.39, 0.29) is 5.41 Å². The Morgan fingerprint density at radius 1 is 1.17 bits per heavy atom. The molecule has 1 aliphatic carbocycles. The molecule has 8 nitrogen and oxygen atoms in total. The highest BCUT2D eigenvalue weighted by Crippen LogP contribution is 2.41. The minimum Gasteiger partial charge on any atom is -0.503 e.